The Kier molecular flexibility index (Phi) is 11.0. The van der Waals surface area contributed by atoms with Crippen molar-refractivity contribution in [2.75, 3.05) is 13.7 Å². The van der Waals surface area contributed by atoms with Crippen LogP contribution >= 0.6 is 24.0 Å². The molecule has 0 spiro atoms. The number of ether oxygens (including phenoxy) is 2. The minimum atomic E-state index is -1.04. The van der Waals surface area contributed by atoms with E-state index in [1.54, 1.807) is 13.2 Å². The Morgan fingerprint density at radius 2 is 1.88 bits per heavy atom. The van der Waals surface area contributed by atoms with E-state index in [0.29, 0.717) is 35.9 Å². The van der Waals surface area contributed by atoms with Crippen LogP contribution in [0.4, 0.5) is 0 Å². The molecule has 1 aromatic rings. The average molecular weight is 480 g/mol. The van der Waals surface area contributed by atoms with Crippen molar-refractivity contribution in [3.63, 3.8) is 0 Å². The molecule has 1 heterocycles. The molecule has 1 atom stereocenters. The number of unbranched alkanes of at least 4 members (excludes halogenated alkanes) is 5. The second kappa shape index (κ2) is 13.5. The number of hydrogen-bond donors (Lipinski definition) is 1. The van der Waals surface area contributed by atoms with Crippen LogP contribution in [0.1, 0.15) is 70.8 Å². The summed E-state index contributed by atoms with van der Waals surface area (Å²) in [7, 11) is 1.58. The fourth-order valence-electron chi connectivity index (χ4n) is 3.49. The van der Waals surface area contributed by atoms with Crippen molar-refractivity contribution in [3.8, 4) is 11.5 Å². The predicted octanol–water partition coefficient (Wildman–Crippen LogP) is 5.89. The molecule has 1 aliphatic rings. The summed E-state index contributed by atoms with van der Waals surface area (Å²) in [6.45, 7) is 4.72. The van der Waals surface area contributed by atoms with Crippen LogP contribution < -0.4 is 9.47 Å². The minimum absolute atomic E-state index is 0.271. The van der Waals surface area contributed by atoms with Crippen molar-refractivity contribution >= 4 is 46.3 Å². The highest BCUT2D eigenvalue weighted by Crippen LogP contribution is 2.36. The largest absolute Gasteiger partial charge is 0.493 e. The Morgan fingerprint density at radius 3 is 2.53 bits per heavy atom. The summed E-state index contributed by atoms with van der Waals surface area (Å²) in [5, 5.41) is 9.51. The summed E-state index contributed by atoms with van der Waals surface area (Å²) >= 11 is 6.43. The van der Waals surface area contributed by atoms with E-state index in [0.717, 1.165) is 30.2 Å². The lowest BCUT2D eigenvalue weighted by Gasteiger charge is -2.22. The Morgan fingerprint density at radius 1 is 1.16 bits per heavy atom. The second-order valence-electron chi connectivity index (χ2n) is 7.72. The molecule has 1 aromatic carbocycles. The predicted molar refractivity (Wildman–Crippen MR) is 133 cm³/mol. The van der Waals surface area contributed by atoms with Gasteiger partial charge in [-0.25, -0.2) is 4.79 Å². The number of thioether (sulfide) groups is 1. The molecule has 0 bridgehead atoms. The van der Waals surface area contributed by atoms with Gasteiger partial charge in [0.2, 0.25) is 0 Å². The van der Waals surface area contributed by atoms with Crippen LogP contribution in [0.3, 0.4) is 0 Å². The van der Waals surface area contributed by atoms with Crippen LogP contribution in [0.15, 0.2) is 23.1 Å². The first-order valence-electron chi connectivity index (χ1n) is 11.2. The zero-order valence-electron chi connectivity index (χ0n) is 19.1. The Labute approximate surface area is 200 Å². The van der Waals surface area contributed by atoms with Gasteiger partial charge in [0.1, 0.15) is 10.4 Å². The van der Waals surface area contributed by atoms with Crippen LogP contribution in [0, 0.1) is 0 Å². The minimum Gasteiger partial charge on any atom is -0.493 e. The number of carbonyl (C=O) groups is 2. The fraction of sp³-hybridized carbons (Fsp3) is 0.542. The summed E-state index contributed by atoms with van der Waals surface area (Å²) in [5.41, 5.74) is 0.761. The zero-order chi connectivity index (χ0) is 23.5. The maximum absolute atomic E-state index is 12.9. The molecule has 0 radical (unpaired) electrons. The topological polar surface area (TPSA) is 76.1 Å². The Hall–Kier alpha value is -2.06. The Bertz CT molecular complexity index is 840. The third-order valence-corrected chi connectivity index (χ3v) is 6.55. The van der Waals surface area contributed by atoms with Crippen molar-refractivity contribution in [3.05, 3.63) is 28.7 Å². The quantitative estimate of drug-likeness (QED) is 0.203. The number of aliphatic carboxylic acids is 1. The number of carbonyl (C=O) groups excluding carboxylic acids is 1. The van der Waals surface area contributed by atoms with E-state index in [1.165, 1.54) is 30.6 Å². The first-order valence-corrected chi connectivity index (χ1v) is 12.5. The molecule has 1 aliphatic heterocycles. The van der Waals surface area contributed by atoms with E-state index < -0.39 is 12.0 Å². The van der Waals surface area contributed by atoms with Gasteiger partial charge in [0.05, 0.1) is 18.6 Å². The van der Waals surface area contributed by atoms with Crippen LogP contribution in [0.25, 0.3) is 6.08 Å². The molecule has 2 rings (SSSR count). The lowest BCUT2D eigenvalue weighted by Crippen LogP contribution is -2.43. The van der Waals surface area contributed by atoms with E-state index >= 15 is 0 Å². The van der Waals surface area contributed by atoms with E-state index in [9.17, 15) is 14.7 Å². The number of nitrogens with zero attached hydrogens (tertiary/aromatic N) is 1. The van der Waals surface area contributed by atoms with Gasteiger partial charge in [-0.05, 0) is 36.6 Å². The van der Waals surface area contributed by atoms with E-state index in [1.807, 2.05) is 25.1 Å². The lowest BCUT2D eigenvalue weighted by atomic mass is 10.1. The van der Waals surface area contributed by atoms with Crippen molar-refractivity contribution in [1.82, 2.24) is 4.90 Å². The molecule has 1 saturated heterocycles. The van der Waals surface area contributed by atoms with Crippen molar-refractivity contribution in [2.24, 2.45) is 0 Å². The van der Waals surface area contributed by atoms with Crippen LogP contribution in [-0.4, -0.2) is 46.0 Å². The summed E-state index contributed by atoms with van der Waals surface area (Å²) in [5.74, 6) is -0.157. The molecule has 176 valence electrons. The molecule has 1 fully saturated rings. The highest BCUT2D eigenvalue weighted by Gasteiger charge is 2.39. The van der Waals surface area contributed by atoms with Gasteiger partial charge in [0.25, 0.3) is 5.91 Å². The number of thiocarbonyl (C=S) groups is 1. The van der Waals surface area contributed by atoms with Gasteiger partial charge in [0.15, 0.2) is 11.5 Å². The van der Waals surface area contributed by atoms with Crippen LogP contribution in [-0.2, 0) is 9.59 Å². The number of amides is 1. The standard InChI is InChI=1S/C24H33NO5S2/c1-4-6-7-8-9-10-14-30-19-13-12-17(15-20(19)29-3)16-21-22(26)25(24(31)32-21)18(11-5-2)23(27)28/h12-13,15-16,18H,4-11,14H2,1-3H3,(H,27,28)/b21-16-/t18-/m0/s1. The highest BCUT2D eigenvalue weighted by atomic mass is 32.2. The van der Waals surface area contributed by atoms with Gasteiger partial charge < -0.3 is 14.6 Å². The molecular weight excluding hydrogens is 446 g/mol. The van der Waals surface area contributed by atoms with Crippen LogP contribution in [0.5, 0.6) is 11.5 Å². The molecule has 0 saturated carbocycles. The van der Waals surface area contributed by atoms with Crippen molar-refractivity contribution < 1.29 is 24.2 Å². The van der Waals surface area contributed by atoms with Gasteiger partial charge in [-0.2, -0.15) is 0 Å². The third kappa shape index (κ3) is 7.24. The van der Waals surface area contributed by atoms with Gasteiger partial charge in [-0.3, -0.25) is 9.69 Å². The summed E-state index contributed by atoms with van der Waals surface area (Å²) in [6, 6.07) is 4.56. The van der Waals surface area contributed by atoms with Gasteiger partial charge in [0, 0.05) is 0 Å². The van der Waals surface area contributed by atoms with Crippen molar-refractivity contribution in [1.29, 1.82) is 0 Å². The molecule has 0 aliphatic carbocycles. The SMILES string of the molecule is CCCCCCCCOc1ccc(/C=C2\SC(=S)N([C@@H](CCC)C(=O)O)C2=O)cc1OC. The lowest BCUT2D eigenvalue weighted by molar-refractivity contribution is -0.145. The molecule has 1 amide bonds. The normalized spacial score (nSPS) is 16.0. The van der Waals surface area contributed by atoms with Crippen molar-refractivity contribution in [2.45, 2.75) is 71.3 Å². The summed E-state index contributed by atoms with van der Waals surface area (Å²) in [4.78, 5) is 26.1. The van der Waals surface area contributed by atoms with Gasteiger partial charge in [-0.1, -0.05) is 82.4 Å². The monoisotopic (exact) mass is 479 g/mol. The van der Waals surface area contributed by atoms with Crippen LogP contribution in [0.2, 0.25) is 0 Å². The summed E-state index contributed by atoms with van der Waals surface area (Å²) in [6.07, 6.45) is 9.88. The van der Waals surface area contributed by atoms with E-state index in [4.69, 9.17) is 21.7 Å². The molecule has 0 unspecified atom stereocenters. The first kappa shape index (κ1) is 26.2. The molecule has 0 aromatic heterocycles. The number of benzene rings is 1. The summed E-state index contributed by atoms with van der Waals surface area (Å²) < 4.78 is 11.6. The number of carboxylic acid groups (broad SMARTS) is 1. The molecular formula is C24H33NO5S2. The molecule has 1 N–H and O–H groups in total. The number of carboxylic acids is 1. The van der Waals surface area contributed by atoms with E-state index in [-0.39, 0.29) is 10.2 Å². The van der Waals surface area contributed by atoms with Gasteiger partial charge in [-0.15, -0.1) is 0 Å². The van der Waals surface area contributed by atoms with Gasteiger partial charge >= 0.3 is 5.97 Å². The van der Waals surface area contributed by atoms with E-state index in [2.05, 4.69) is 6.92 Å². The molecule has 8 heteroatoms. The molecule has 6 nitrogen and oxygen atoms in total. The first-order chi connectivity index (χ1) is 15.4. The highest BCUT2D eigenvalue weighted by molar-refractivity contribution is 8.26. The number of rotatable bonds is 14. The average Bonchev–Trinajstić information content (AvgIpc) is 3.04. The second-order valence-corrected chi connectivity index (χ2v) is 9.40. The Balaban J connectivity index is 2.05. The third-order valence-electron chi connectivity index (χ3n) is 5.22. The fourth-order valence-corrected chi connectivity index (χ4v) is 4.85. The maximum atomic E-state index is 12.9. The zero-order valence-corrected chi connectivity index (χ0v) is 20.7. The smallest absolute Gasteiger partial charge is 0.326 e. The maximum Gasteiger partial charge on any atom is 0.326 e. The number of methoxy groups -OCH3 is 1. The number of hydrogen-bond acceptors (Lipinski definition) is 6. The molecule has 32 heavy (non-hydrogen) atoms.